The molecule has 0 bridgehead atoms. The predicted molar refractivity (Wildman–Crippen MR) is 90.1 cm³/mol. The van der Waals surface area contributed by atoms with Gasteiger partial charge in [-0.3, -0.25) is 4.79 Å². The smallest absolute Gasteiger partial charge is 0.417 e. The minimum absolute atomic E-state index is 0.0160. The fourth-order valence-corrected chi connectivity index (χ4v) is 2.78. The number of nitrogens with one attached hydrogen (secondary N) is 1. The fourth-order valence-electron chi connectivity index (χ4n) is 2.56. The first-order valence-electron chi connectivity index (χ1n) is 7.34. The minimum atomic E-state index is -4.61. The zero-order valence-electron chi connectivity index (χ0n) is 13.3. The number of aryl methyl sites for hydroxylation is 2. The number of anilines is 1. The van der Waals surface area contributed by atoms with Crippen molar-refractivity contribution in [2.45, 2.75) is 20.0 Å². The molecule has 1 heterocycles. The maximum atomic E-state index is 12.9. The van der Waals surface area contributed by atoms with Crippen LogP contribution >= 0.6 is 11.6 Å². The van der Waals surface area contributed by atoms with Gasteiger partial charge in [-0.05, 0) is 44.2 Å². The van der Waals surface area contributed by atoms with E-state index in [0.717, 1.165) is 23.1 Å². The fraction of sp³-hybridized carbons (Fsp3) is 0.167. The van der Waals surface area contributed by atoms with Crippen LogP contribution in [0.2, 0.25) is 5.02 Å². The lowest BCUT2D eigenvalue weighted by Gasteiger charge is -2.11. The Morgan fingerprint density at radius 1 is 1.12 bits per heavy atom. The molecule has 0 fully saturated rings. The van der Waals surface area contributed by atoms with Crippen molar-refractivity contribution in [3.05, 3.63) is 63.9 Å². The molecule has 130 valence electrons. The van der Waals surface area contributed by atoms with Gasteiger partial charge in [-0.2, -0.15) is 13.2 Å². The summed E-state index contributed by atoms with van der Waals surface area (Å²) >= 11 is 5.58. The highest BCUT2D eigenvalue weighted by Gasteiger charge is 2.33. The number of amides is 1. The lowest BCUT2D eigenvalue weighted by Crippen LogP contribution is -2.13. The van der Waals surface area contributed by atoms with Gasteiger partial charge in [0.1, 0.15) is 5.58 Å². The van der Waals surface area contributed by atoms with Crippen LogP contribution in [0, 0.1) is 13.8 Å². The second-order valence-electron chi connectivity index (χ2n) is 5.70. The van der Waals surface area contributed by atoms with E-state index in [2.05, 4.69) is 5.32 Å². The van der Waals surface area contributed by atoms with E-state index in [-0.39, 0.29) is 11.4 Å². The van der Waals surface area contributed by atoms with E-state index in [0.29, 0.717) is 11.1 Å². The van der Waals surface area contributed by atoms with Gasteiger partial charge in [-0.25, -0.2) is 0 Å². The van der Waals surface area contributed by atoms with Crippen molar-refractivity contribution in [2.75, 3.05) is 5.32 Å². The molecule has 25 heavy (non-hydrogen) atoms. The van der Waals surface area contributed by atoms with E-state index >= 15 is 0 Å². The van der Waals surface area contributed by atoms with Gasteiger partial charge in [0.2, 0.25) is 0 Å². The van der Waals surface area contributed by atoms with Crippen molar-refractivity contribution in [1.29, 1.82) is 0 Å². The number of hydrogen-bond donors (Lipinski definition) is 1. The molecule has 7 heteroatoms. The van der Waals surface area contributed by atoms with Crippen molar-refractivity contribution in [1.82, 2.24) is 0 Å². The Hall–Kier alpha value is -2.47. The van der Waals surface area contributed by atoms with E-state index in [1.54, 1.807) is 13.0 Å². The molecule has 3 nitrogen and oxygen atoms in total. The van der Waals surface area contributed by atoms with E-state index in [9.17, 15) is 18.0 Å². The molecular weight excluding hydrogens is 355 g/mol. The van der Waals surface area contributed by atoms with Crippen LogP contribution in [0.3, 0.4) is 0 Å². The third-order valence-electron chi connectivity index (χ3n) is 3.83. The standard InChI is InChI=1S/C18H13ClF3NO2/c1-9-3-6-15-12(7-9)10(2)16(25-15)17(24)23-11-4-5-14(19)13(8-11)18(20,21)22/h3-8H,1-2H3,(H,23,24). The number of carbonyl (C=O) groups is 1. The quantitative estimate of drug-likeness (QED) is 0.606. The molecule has 0 saturated carbocycles. The highest BCUT2D eigenvalue weighted by Crippen LogP contribution is 2.36. The Labute approximate surface area is 146 Å². The normalized spacial score (nSPS) is 11.8. The molecule has 2 aromatic carbocycles. The zero-order valence-corrected chi connectivity index (χ0v) is 14.0. The summed E-state index contributed by atoms with van der Waals surface area (Å²) in [5.74, 6) is -0.564. The summed E-state index contributed by atoms with van der Waals surface area (Å²) in [5.41, 5.74) is 1.15. The molecule has 1 amide bonds. The lowest BCUT2D eigenvalue weighted by molar-refractivity contribution is -0.137. The topological polar surface area (TPSA) is 42.2 Å². The summed E-state index contributed by atoms with van der Waals surface area (Å²) < 4.78 is 44.3. The first kappa shape index (κ1) is 17.4. The second-order valence-corrected chi connectivity index (χ2v) is 6.11. The van der Waals surface area contributed by atoms with Crippen LogP contribution in [-0.2, 0) is 6.18 Å². The largest absolute Gasteiger partial charge is 0.451 e. The molecule has 0 spiro atoms. The van der Waals surface area contributed by atoms with Crippen molar-refractivity contribution < 1.29 is 22.4 Å². The summed E-state index contributed by atoms with van der Waals surface area (Å²) in [6, 6.07) is 8.67. The van der Waals surface area contributed by atoms with E-state index in [1.165, 1.54) is 6.07 Å². The highest BCUT2D eigenvalue weighted by molar-refractivity contribution is 6.31. The van der Waals surface area contributed by atoms with Crippen molar-refractivity contribution in [3.63, 3.8) is 0 Å². The Kier molecular flexibility index (Phi) is 4.24. The SMILES string of the molecule is Cc1ccc2oc(C(=O)Nc3ccc(Cl)c(C(F)(F)F)c3)c(C)c2c1. The second kappa shape index (κ2) is 6.11. The van der Waals surface area contributed by atoms with Gasteiger partial charge >= 0.3 is 6.18 Å². The molecule has 3 rings (SSSR count). The van der Waals surface area contributed by atoms with Crippen molar-refractivity contribution in [2.24, 2.45) is 0 Å². The molecule has 3 aromatic rings. The van der Waals surface area contributed by atoms with Crippen LogP contribution in [0.4, 0.5) is 18.9 Å². The van der Waals surface area contributed by atoms with Crippen LogP contribution in [-0.4, -0.2) is 5.91 Å². The molecule has 1 aromatic heterocycles. The number of halogens is 4. The highest BCUT2D eigenvalue weighted by atomic mass is 35.5. The molecule has 0 radical (unpaired) electrons. The summed E-state index contributed by atoms with van der Waals surface area (Å²) in [5, 5.41) is 2.78. The van der Waals surface area contributed by atoms with Crippen LogP contribution in [0.1, 0.15) is 27.2 Å². The van der Waals surface area contributed by atoms with Gasteiger partial charge in [0, 0.05) is 16.6 Å². The number of fused-ring (bicyclic) bond motifs is 1. The van der Waals surface area contributed by atoms with E-state index in [1.807, 2.05) is 19.1 Å². The Morgan fingerprint density at radius 3 is 2.52 bits per heavy atom. The van der Waals surface area contributed by atoms with Crippen LogP contribution in [0.25, 0.3) is 11.0 Å². The van der Waals surface area contributed by atoms with E-state index < -0.39 is 22.7 Å². The third kappa shape index (κ3) is 3.35. The first-order chi connectivity index (χ1) is 11.7. The molecule has 0 aliphatic rings. The Morgan fingerprint density at radius 2 is 1.84 bits per heavy atom. The maximum absolute atomic E-state index is 12.9. The molecule has 0 saturated heterocycles. The molecule has 0 aliphatic heterocycles. The Bertz CT molecular complexity index is 976. The van der Waals surface area contributed by atoms with Gasteiger partial charge in [-0.1, -0.05) is 23.2 Å². The summed E-state index contributed by atoms with van der Waals surface area (Å²) in [6.07, 6.45) is -4.61. The number of hydrogen-bond acceptors (Lipinski definition) is 2. The number of alkyl halides is 3. The van der Waals surface area contributed by atoms with Gasteiger partial charge in [0.25, 0.3) is 5.91 Å². The monoisotopic (exact) mass is 367 g/mol. The van der Waals surface area contributed by atoms with Crippen LogP contribution < -0.4 is 5.32 Å². The predicted octanol–water partition coefficient (Wildman–Crippen LogP) is 5.97. The Balaban J connectivity index is 1.94. The molecule has 0 aliphatic carbocycles. The number of benzene rings is 2. The lowest BCUT2D eigenvalue weighted by atomic mass is 10.1. The first-order valence-corrected chi connectivity index (χ1v) is 7.72. The number of furan rings is 1. The molecular formula is C18H13ClF3NO2. The van der Waals surface area contributed by atoms with E-state index in [4.69, 9.17) is 16.0 Å². The van der Waals surface area contributed by atoms with Crippen LogP contribution in [0.5, 0.6) is 0 Å². The van der Waals surface area contributed by atoms with Crippen molar-refractivity contribution >= 4 is 34.2 Å². The van der Waals surface area contributed by atoms with Gasteiger partial charge in [-0.15, -0.1) is 0 Å². The zero-order chi connectivity index (χ0) is 18.4. The average Bonchev–Trinajstić information content (AvgIpc) is 2.85. The number of carbonyl (C=O) groups excluding carboxylic acids is 1. The van der Waals surface area contributed by atoms with Gasteiger partial charge < -0.3 is 9.73 Å². The maximum Gasteiger partial charge on any atom is 0.417 e. The van der Waals surface area contributed by atoms with Gasteiger partial charge in [0.05, 0.1) is 10.6 Å². The summed E-state index contributed by atoms with van der Waals surface area (Å²) in [4.78, 5) is 12.4. The minimum Gasteiger partial charge on any atom is -0.451 e. The van der Waals surface area contributed by atoms with Gasteiger partial charge in [0.15, 0.2) is 5.76 Å². The van der Waals surface area contributed by atoms with Crippen LogP contribution in [0.15, 0.2) is 40.8 Å². The summed E-state index contributed by atoms with van der Waals surface area (Å²) in [6.45, 7) is 3.64. The third-order valence-corrected chi connectivity index (χ3v) is 4.16. The molecule has 1 N–H and O–H groups in total. The van der Waals surface area contributed by atoms with Crippen molar-refractivity contribution in [3.8, 4) is 0 Å². The average molecular weight is 368 g/mol. The number of rotatable bonds is 2. The molecule has 0 atom stereocenters. The summed E-state index contributed by atoms with van der Waals surface area (Å²) in [7, 11) is 0. The molecule has 0 unspecified atom stereocenters.